The maximum absolute atomic E-state index is 14.4. The molecule has 0 atom stereocenters. The van der Waals surface area contributed by atoms with Crippen LogP contribution in [-0.4, -0.2) is 40.7 Å². The van der Waals surface area contributed by atoms with Gasteiger partial charge in [-0.15, -0.1) is 0 Å². The monoisotopic (exact) mass is 517 g/mol. The maximum atomic E-state index is 14.4. The van der Waals surface area contributed by atoms with Crippen molar-refractivity contribution >= 4 is 22.2 Å². The molecule has 0 unspecified atom stereocenters. The molecule has 0 saturated carbocycles. The highest BCUT2D eigenvalue weighted by Crippen LogP contribution is 2.40. The van der Waals surface area contributed by atoms with Gasteiger partial charge >= 0.3 is 0 Å². The van der Waals surface area contributed by atoms with Gasteiger partial charge in [-0.3, -0.25) is 0 Å². The number of nitrogens with one attached hydrogen (secondary N) is 2. The number of aromatic hydroxyl groups is 1. The van der Waals surface area contributed by atoms with Crippen LogP contribution >= 0.6 is 0 Å². The van der Waals surface area contributed by atoms with Gasteiger partial charge in [0.1, 0.15) is 17.5 Å². The third-order valence-electron chi connectivity index (χ3n) is 7.20. The van der Waals surface area contributed by atoms with Gasteiger partial charge in [0.15, 0.2) is 11.7 Å². The van der Waals surface area contributed by atoms with E-state index in [0.29, 0.717) is 33.2 Å². The van der Waals surface area contributed by atoms with Crippen molar-refractivity contribution in [1.82, 2.24) is 9.88 Å². The fourth-order valence-electron chi connectivity index (χ4n) is 5.28. The topological polar surface area (TPSA) is 76.0 Å². The van der Waals surface area contributed by atoms with Crippen LogP contribution in [0.15, 0.2) is 70.4 Å². The third-order valence-corrected chi connectivity index (χ3v) is 7.20. The lowest BCUT2D eigenvalue weighted by Crippen LogP contribution is -2.38. The fourth-order valence-corrected chi connectivity index (χ4v) is 5.28. The minimum atomic E-state index is -0.778. The van der Waals surface area contributed by atoms with Crippen molar-refractivity contribution in [3.63, 3.8) is 0 Å². The molecule has 6 nitrogen and oxygen atoms in total. The molecule has 3 heterocycles. The summed E-state index contributed by atoms with van der Waals surface area (Å²) in [5.41, 5.74) is 2.20. The number of piperidine rings is 1. The zero-order valence-electron chi connectivity index (χ0n) is 20.7. The Bertz CT molecular complexity index is 1680. The van der Waals surface area contributed by atoms with Gasteiger partial charge in [-0.2, -0.15) is 0 Å². The van der Waals surface area contributed by atoms with E-state index in [0.717, 1.165) is 44.2 Å². The highest BCUT2D eigenvalue weighted by Gasteiger charge is 2.24. The van der Waals surface area contributed by atoms with Crippen molar-refractivity contribution in [2.24, 2.45) is 9.98 Å². The molecule has 2 aliphatic rings. The number of halogens is 3. The zero-order valence-corrected chi connectivity index (χ0v) is 20.7. The second kappa shape index (κ2) is 9.64. The van der Waals surface area contributed by atoms with E-state index in [1.165, 1.54) is 30.3 Å². The van der Waals surface area contributed by atoms with Crippen LogP contribution < -0.4 is 16.0 Å². The molecule has 1 fully saturated rings. The Balaban J connectivity index is 1.50. The molecule has 1 saturated heterocycles. The third kappa shape index (κ3) is 4.54. The molecule has 0 bridgehead atoms. The van der Waals surface area contributed by atoms with Crippen LogP contribution in [-0.2, 0) is 0 Å². The van der Waals surface area contributed by atoms with Crippen LogP contribution in [0, 0.1) is 17.5 Å². The van der Waals surface area contributed by atoms with Crippen LogP contribution in [0.2, 0.25) is 0 Å². The molecule has 4 aromatic rings. The van der Waals surface area contributed by atoms with Crippen molar-refractivity contribution in [1.29, 1.82) is 0 Å². The fraction of sp³-hybridized carbons (Fsp3) is 0.241. The number of nitrogens with zero attached hydrogens (tertiary/aromatic N) is 3. The molecular formula is C29H26F3N5O. The molecule has 6 rings (SSSR count). The van der Waals surface area contributed by atoms with Gasteiger partial charge in [-0.1, -0.05) is 6.92 Å². The van der Waals surface area contributed by atoms with Crippen LogP contribution in [0.3, 0.4) is 0 Å². The first-order valence-corrected chi connectivity index (χ1v) is 12.7. The quantitative estimate of drug-likeness (QED) is 0.354. The van der Waals surface area contributed by atoms with Crippen molar-refractivity contribution in [2.45, 2.75) is 25.8 Å². The number of aromatic amines is 1. The number of aromatic nitrogens is 1. The van der Waals surface area contributed by atoms with E-state index in [1.807, 2.05) is 18.2 Å². The summed E-state index contributed by atoms with van der Waals surface area (Å²) in [4.78, 5) is 14.4. The zero-order chi connectivity index (χ0) is 26.4. The molecule has 0 radical (unpaired) electrons. The van der Waals surface area contributed by atoms with Gasteiger partial charge in [0, 0.05) is 53.4 Å². The number of benzene rings is 3. The van der Waals surface area contributed by atoms with Gasteiger partial charge in [0.05, 0.1) is 16.3 Å². The number of hydrogen-bond donors (Lipinski definition) is 3. The normalized spacial score (nSPS) is 17.3. The SMILES string of the molecule is CCN1CCC(Nc2ccc3[nH]c(O)c(/C(=C4\N=c5ccc(F)cc5=N4)c4cc(F)cc(F)c4)c3c2)CC1. The number of hydrogen-bond acceptors (Lipinski definition) is 5. The first-order chi connectivity index (χ1) is 18.4. The molecule has 194 valence electrons. The van der Waals surface area contributed by atoms with Gasteiger partial charge in [0.25, 0.3) is 0 Å². The van der Waals surface area contributed by atoms with Crippen molar-refractivity contribution in [2.75, 3.05) is 25.0 Å². The second-order valence-corrected chi connectivity index (χ2v) is 9.68. The smallest absolute Gasteiger partial charge is 0.197 e. The highest BCUT2D eigenvalue weighted by atomic mass is 19.1. The summed E-state index contributed by atoms with van der Waals surface area (Å²) in [5, 5.41) is 16.0. The Morgan fingerprint density at radius 3 is 2.42 bits per heavy atom. The number of likely N-dealkylation sites (tertiary alicyclic amines) is 1. The summed E-state index contributed by atoms with van der Waals surface area (Å²) in [6.45, 7) is 5.25. The minimum Gasteiger partial charge on any atom is -0.494 e. The Kier molecular flexibility index (Phi) is 6.15. The summed E-state index contributed by atoms with van der Waals surface area (Å²) in [6, 6.07) is 13.1. The molecular weight excluding hydrogens is 491 g/mol. The van der Waals surface area contributed by atoms with E-state index in [9.17, 15) is 18.3 Å². The standard InChI is InChI=1S/C29H26F3N5O/c1-2-37-9-7-20(8-10-37)33-21-4-6-23-22(15-21)27(29(38)36-23)26(16-11-18(31)13-19(32)12-16)28-34-24-5-3-17(30)14-25(24)35-28/h3-6,11-15,20,33,36,38H,2,7-10H2,1H3/b28-26+. The molecule has 1 aromatic heterocycles. The first kappa shape index (κ1) is 24.2. The second-order valence-electron chi connectivity index (χ2n) is 9.68. The van der Waals surface area contributed by atoms with Crippen molar-refractivity contribution in [3.05, 3.63) is 99.7 Å². The van der Waals surface area contributed by atoms with E-state index >= 15 is 0 Å². The first-order valence-electron chi connectivity index (χ1n) is 12.7. The summed E-state index contributed by atoms with van der Waals surface area (Å²) in [6.07, 6.45) is 2.03. The Morgan fingerprint density at radius 2 is 1.68 bits per heavy atom. The summed E-state index contributed by atoms with van der Waals surface area (Å²) in [5.74, 6) is -2.09. The predicted octanol–water partition coefficient (Wildman–Crippen LogP) is 4.86. The summed E-state index contributed by atoms with van der Waals surface area (Å²) < 4.78 is 42.6. The van der Waals surface area contributed by atoms with E-state index in [-0.39, 0.29) is 22.8 Å². The number of fused-ring (bicyclic) bond motifs is 2. The average molecular weight is 518 g/mol. The van der Waals surface area contributed by atoms with Gasteiger partial charge in [-0.25, -0.2) is 23.2 Å². The lowest BCUT2D eigenvalue weighted by molar-refractivity contribution is 0.229. The van der Waals surface area contributed by atoms with E-state index in [4.69, 9.17) is 0 Å². The molecule has 0 amide bonds. The predicted molar refractivity (Wildman–Crippen MR) is 140 cm³/mol. The van der Waals surface area contributed by atoms with Crippen LogP contribution in [0.5, 0.6) is 5.88 Å². The minimum absolute atomic E-state index is 0.122. The van der Waals surface area contributed by atoms with Crippen LogP contribution in [0.4, 0.5) is 18.9 Å². The Morgan fingerprint density at radius 1 is 0.947 bits per heavy atom. The molecule has 0 spiro atoms. The van der Waals surface area contributed by atoms with Crippen LogP contribution in [0.25, 0.3) is 16.5 Å². The summed E-state index contributed by atoms with van der Waals surface area (Å²) in [7, 11) is 0. The molecule has 3 aromatic carbocycles. The van der Waals surface area contributed by atoms with Gasteiger partial charge in [0.2, 0.25) is 0 Å². The lowest BCUT2D eigenvalue weighted by atomic mass is 9.96. The van der Waals surface area contributed by atoms with E-state index in [1.54, 1.807) is 0 Å². The van der Waals surface area contributed by atoms with E-state index < -0.39 is 17.5 Å². The molecule has 3 N–H and O–H groups in total. The molecule has 38 heavy (non-hydrogen) atoms. The highest BCUT2D eigenvalue weighted by molar-refractivity contribution is 6.01. The van der Waals surface area contributed by atoms with Gasteiger partial charge < -0.3 is 20.3 Å². The van der Waals surface area contributed by atoms with Crippen molar-refractivity contribution in [3.8, 4) is 5.88 Å². The number of H-pyrrole nitrogens is 1. The summed E-state index contributed by atoms with van der Waals surface area (Å²) >= 11 is 0. The van der Waals surface area contributed by atoms with Crippen LogP contribution in [0.1, 0.15) is 30.9 Å². The average Bonchev–Trinajstić information content (AvgIpc) is 3.44. The van der Waals surface area contributed by atoms with Crippen molar-refractivity contribution < 1.29 is 18.3 Å². The lowest BCUT2D eigenvalue weighted by Gasteiger charge is -2.32. The number of rotatable bonds is 5. The molecule has 2 aliphatic heterocycles. The maximum Gasteiger partial charge on any atom is 0.197 e. The van der Waals surface area contributed by atoms with E-state index in [2.05, 4.69) is 32.1 Å². The van der Waals surface area contributed by atoms with Gasteiger partial charge in [-0.05, 0) is 67.4 Å². The Hall–Kier alpha value is -4.11. The molecule has 9 heteroatoms. The number of anilines is 1. The largest absolute Gasteiger partial charge is 0.494 e. The molecule has 0 aliphatic carbocycles. The Labute approximate surface area is 216 Å².